The molecule has 0 saturated carbocycles. The van der Waals surface area contributed by atoms with Gasteiger partial charge in [0.1, 0.15) is 5.54 Å². The maximum absolute atomic E-state index is 11.8. The number of likely N-dealkylation sites (tertiary alicyclic amines) is 1. The van der Waals surface area contributed by atoms with Crippen molar-refractivity contribution in [2.45, 2.75) is 39.7 Å². The molecule has 0 aromatic rings. The van der Waals surface area contributed by atoms with Crippen molar-refractivity contribution in [1.29, 1.82) is 5.26 Å². The lowest BCUT2D eigenvalue weighted by Gasteiger charge is -2.30. The molecule has 3 unspecified atom stereocenters. The Kier molecular flexibility index (Phi) is 2.85. The number of nitriles is 1. The Bertz CT molecular complexity index is 325. The molecule has 82 valence electrons. The summed E-state index contributed by atoms with van der Waals surface area (Å²) in [5.41, 5.74) is -0.993. The Labute approximate surface area is 89.9 Å². The Morgan fingerprint density at radius 1 is 1.33 bits per heavy atom. The number of nitrogens with zero attached hydrogens (tertiary/aromatic N) is 2. The molecule has 4 heteroatoms. The molecule has 2 amide bonds. The van der Waals surface area contributed by atoms with Crippen LogP contribution in [0.2, 0.25) is 0 Å². The van der Waals surface area contributed by atoms with Crippen molar-refractivity contribution in [2.24, 2.45) is 11.8 Å². The molecule has 15 heavy (non-hydrogen) atoms. The molecule has 0 N–H and O–H groups in total. The number of rotatable bonds is 2. The smallest absolute Gasteiger partial charge is 0.234 e. The first-order chi connectivity index (χ1) is 6.89. The zero-order chi connectivity index (χ0) is 11.8. The fourth-order valence-corrected chi connectivity index (χ4v) is 1.72. The van der Waals surface area contributed by atoms with Gasteiger partial charge in [-0.3, -0.25) is 14.5 Å². The van der Waals surface area contributed by atoms with E-state index >= 15 is 0 Å². The van der Waals surface area contributed by atoms with E-state index in [0.29, 0.717) is 6.42 Å². The van der Waals surface area contributed by atoms with Gasteiger partial charge in [-0.1, -0.05) is 20.8 Å². The van der Waals surface area contributed by atoms with Crippen molar-refractivity contribution >= 4 is 11.8 Å². The van der Waals surface area contributed by atoms with Crippen LogP contribution in [0.3, 0.4) is 0 Å². The fraction of sp³-hybridized carbons (Fsp3) is 0.727. The zero-order valence-electron chi connectivity index (χ0n) is 9.57. The van der Waals surface area contributed by atoms with Gasteiger partial charge in [-0.05, 0) is 13.3 Å². The van der Waals surface area contributed by atoms with E-state index in [4.69, 9.17) is 5.26 Å². The van der Waals surface area contributed by atoms with E-state index in [1.54, 1.807) is 27.7 Å². The van der Waals surface area contributed by atoms with Gasteiger partial charge in [-0.2, -0.15) is 5.26 Å². The molecule has 0 aromatic carbocycles. The molecule has 0 aromatic heterocycles. The molecule has 1 aliphatic rings. The quantitative estimate of drug-likeness (QED) is 0.643. The third-order valence-electron chi connectivity index (χ3n) is 3.39. The number of hydrogen-bond donors (Lipinski definition) is 0. The zero-order valence-corrected chi connectivity index (χ0v) is 9.57. The molecular weight excluding hydrogens is 192 g/mol. The van der Waals surface area contributed by atoms with E-state index in [2.05, 4.69) is 6.07 Å². The van der Waals surface area contributed by atoms with Crippen molar-refractivity contribution < 1.29 is 9.59 Å². The van der Waals surface area contributed by atoms with Gasteiger partial charge in [0.15, 0.2) is 0 Å². The van der Waals surface area contributed by atoms with Gasteiger partial charge >= 0.3 is 0 Å². The van der Waals surface area contributed by atoms with E-state index in [0.717, 1.165) is 4.90 Å². The molecule has 0 aliphatic carbocycles. The molecule has 3 atom stereocenters. The van der Waals surface area contributed by atoms with Crippen molar-refractivity contribution in [3.8, 4) is 6.07 Å². The molecule has 1 rings (SSSR count). The molecule has 0 radical (unpaired) electrons. The summed E-state index contributed by atoms with van der Waals surface area (Å²) in [4.78, 5) is 24.8. The highest BCUT2D eigenvalue weighted by Crippen LogP contribution is 2.32. The van der Waals surface area contributed by atoms with Gasteiger partial charge in [0.05, 0.1) is 6.07 Å². The van der Waals surface area contributed by atoms with Crippen LogP contribution in [-0.4, -0.2) is 22.3 Å². The third-order valence-corrected chi connectivity index (χ3v) is 3.39. The maximum atomic E-state index is 11.8. The summed E-state index contributed by atoms with van der Waals surface area (Å²) < 4.78 is 0. The summed E-state index contributed by atoms with van der Waals surface area (Å²) >= 11 is 0. The predicted octanol–water partition coefficient (Wildman–Crippen LogP) is 1.32. The summed E-state index contributed by atoms with van der Waals surface area (Å²) in [7, 11) is 0. The Balaban J connectivity index is 3.13. The number of imide groups is 1. The number of amides is 2. The summed E-state index contributed by atoms with van der Waals surface area (Å²) in [5, 5.41) is 9.06. The highest BCUT2D eigenvalue weighted by Gasteiger charge is 2.49. The van der Waals surface area contributed by atoms with Gasteiger partial charge in [-0.15, -0.1) is 0 Å². The minimum atomic E-state index is -0.993. The van der Waals surface area contributed by atoms with Gasteiger partial charge in [-0.25, -0.2) is 0 Å². The van der Waals surface area contributed by atoms with Crippen LogP contribution >= 0.6 is 0 Å². The molecule has 1 saturated heterocycles. The van der Waals surface area contributed by atoms with Crippen molar-refractivity contribution in [1.82, 2.24) is 4.90 Å². The van der Waals surface area contributed by atoms with Crippen LogP contribution in [0.25, 0.3) is 0 Å². The molecule has 1 heterocycles. The van der Waals surface area contributed by atoms with E-state index in [1.165, 1.54) is 0 Å². The average molecular weight is 208 g/mol. The van der Waals surface area contributed by atoms with Crippen LogP contribution < -0.4 is 0 Å². The van der Waals surface area contributed by atoms with Gasteiger partial charge < -0.3 is 0 Å². The first-order valence-electron chi connectivity index (χ1n) is 5.18. The lowest BCUT2D eigenvalue weighted by Crippen LogP contribution is -2.48. The van der Waals surface area contributed by atoms with Crippen LogP contribution in [0.1, 0.15) is 34.1 Å². The first kappa shape index (κ1) is 11.7. The van der Waals surface area contributed by atoms with Crippen LogP contribution in [-0.2, 0) is 9.59 Å². The summed E-state index contributed by atoms with van der Waals surface area (Å²) in [6, 6.07) is 2.06. The lowest BCUT2D eigenvalue weighted by molar-refractivity contribution is -0.144. The minimum Gasteiger partial charge on any atom is -0.274 e. The highest BCUT2D eigenvalue weighted by atomic mass is 16.2. The van der Waals surface area contributed by atoms with Gasteiger partial charge in [0.25, 0.3) is 0 Å². The van der Waals surface area contributed by atoms with Crippen LogP contribution in [0.5, 0.6) is 0 Å². The van der Waals surface area contributed by atoms with E-state index in [1.807, 2.05) is 0 Å². The number of hydrogen-bond acceptors (Lipinski definition) is 3. The first-order valence-corrected chi connectivity index (χ1v) is 5.18. The SMILES string of the molecule is CCC(C)(C#N)N1C(=O)C(C)C(C)C1=O. The largest absolute Gasteiger partial charge is 0.274 e. The monoisotopic (exact) mass is 208 g/mol. The number of carbonyl (C=O) groups is 2. The summed E-state index contributed by atoms with van der Waals surface area (Å²) in [6.07, 6.45) is 0.459. The molecule has 4 nitrogen and oxygen atoms in total. The summed E-state index contributed by atoms with van der Waals surface area (Å²) in [5.74, 6) is -1.06. The molecule has 0 spiro atoms. The Hall–Kier alpha value is -1.37. The Morgan fingerprint density at radius 2 is 1.73 bits per heavy atom. The Morgan fingerprint density at radius 3 is 2.00 bits per heavy atom. The highest BCUT2D eigenvalue weighted by molar-refractivity contribution is 6.05. The van der Waals surface area contributed by atoms with Gasteiger partial charge in [0.2, 0.25) is 11.8 Å². The molecule has 0 bridgehead atoms. The molecular formula is C11H16N2O2. The molecule has 1 aliphatic heterocycles. The van der Waals surface area contributed by atoms with E-state index < -0.39 is 5.54 Å². The second kappa shape index (κ2) is 3.65. The standard InChI is InChI=1S/C11H16N2O2/c1-5-11(4,6-12)13-9(14)7(2)8(3)10(13)15/h7-8H,5H2,1-4H3. The van der Waals surface area contributed by atoms with Crippen molar-refractivity contribution in [3.63, 3.8) is 0 Å². The third kappa shape index (κ3) is 1.52. The fourth-order valence-electron chi connectivity index (χ4n) is 1.72. The average Bonchev–Trinajstić information content (AvgIpc) is 2.43. The number of carbonyl (C=O) groups excluding carboxylic acids is 2. The second-order valence-corrected chi connectivity index (χ2v) is 4.33. The topological polar surface area (TPSA) is 61.2 Å². The van der Waals surface area contributed by atoms with Crippen molar-refractivity contribution in [2.75, 3.05) is 0 Å². The predicted molar refractivity (Wildman–Crippen MR) is 54.5 cm³/mol. The van der Waals surface area contributed by atoms with E-state index in [-0.39, 0.29) is 23.7 Å². The van der Waals surface area contributed by atoms with Crippen LogP contribution in [0, 0.1) is 23.2 Å². The van der Waals surface area contributed by atoms with Crippen LogP contribution in [0.15, 0.2) is 0 Å². The van der Waals surface area contributed by atoms with E-state index in [9.17, 15) is 9.59 Å². The second-order valence-electron chi connectivity index (χ2n) is 4.33. The van der Waals surface area contributed by atoms with Gasteiger partial charge in [0, 0.05) is 11.8 Å². The van der Waals surface area contributed by atoms with Crippen LogP contribution in [0.4, 0.5) is 0 Å². The maximum Gasteiger partial charge on any atom is 0.234 e. The minimum absolute atomic E-state index is 0.224. The lowest BCUT2D eigenvalue weighted by atomic mass is 9.99. The molecule has 1 fully saturated rings. The normalized spacial score (nSPS) is 30.2. The van der Waals surface area contributed by atoms with Crippen molar-refractivity contribution in [3.05, 3.63) is 0 Å². The summed E-state index contributed by atoms with van der Waals surface area (Å²) in [6.45, 7) is 6.90.